The van der Waals surface area contributed by atoms with Crippen LogP contribution in [0.4, 0.5) is 0 Å². The number of likely N-dealkylation sites (tertiary alicyclic amines) is 1. The minimum Gasteiger partial charge on any atom is -0.326 e. The molecule has 2 N–H and O–H groups in total. The average molecular weight is 238 g/mol. The highest BCUT2D eigenvalue weighted by atomic mass is 15.2. The molecule has 100 valence electrons. The second-order valence-electron chi connectivity index (χ2n) is 6.11. The lowest BCUT2D eigenvalue weighted by Crippen LogP contribution is -2.59. The first kappa shape index (κ1) is 13.4. The Balaban J connectivity index is 2.02. The van der Waals surface area contributed by atoms with Crippen molar-refractivity contribution in [1.29, 1.82) is 0 Å². The minimum absolute atomic E-state index is 0.385. The van der Waals surface area contributed by atoms with Gasteiger partial charge in [0.15, 0.2) is 0 Å². The molecule has 0 aromatic rings. The first-order valence-corrected chi connectivity index (χ1v) is 7.80. The number of piperidine rings is 1. The molecule has 0 bridgehead atoms. The Morgan fingerprint density at radius 2 is 1.71 bits per heavy atom. The van der Waals surface area contributed by atoms with Crippen molar-refractivity contribution in [2.75, 3.05) is 13.1 Å². The van der Waals surface area contributed by atoms with Gasteiger partial charge in [-0.1, -0.05) is 39.0 Å². The Morgan fingerprint density at radius 3 is 2.29 bits per heavy atom. The summed E-state index contributed by atoms with van der Waals surface area (Å²) >= 11 is 0. The summed E-state index contributed by atoms with van der Waals surface area (Å²) in [6, 6.07) is 0.419. The van der Waals surface area contributed by atoms with Gasteiger partial charge in [-0.3, -0.25) is 4.90 Å². The van der Waals surface area contributed by atoms with E-state index in [-0.39, 0.29) is 0 Å². The van der Waals surface area contributed by atoms with Crippen LogP contribution < -0.4 is 5.73 Å². The second-order valence-corrected chi connectivity index (χ2v) is 6.11. The number of nitrogens with zero attached hydrogens (tertiary/aromatic N) is 1. The van der Waals surface area contributed by atoms with Gasteiger partial charge >= 0.3 is 0 Å². The standard InChI is InChI=1S/C15H30N2/c1-2-3-9-14(16)15(10-5-6-11-15)17-12-7-4-8-13-17/h14H,2-13,16H2,1H3. The van der Waals surface area contributed by atoms with Gasteiger partial charge in [-0.05, 0) is 45.2 Å². The molecule has 0 spiro atoms. The molecule has 2 aliphatic rings. The van der Waals surface area contributed by atoms with E-state index >= 15 is 0 Å². The van der Waals surface area contributed by atoms with Gasteiger partial charge in [0.2, 0.25) is 0 Å². The third kappa shape index (κ3) is 2.85. The van der Waals surface area contributed by atoms with Crippen molar-refractivity contribution in [3.05, 3.63) is 0 Å². The number of nitrogens with two attached hydrogens (primary N) is 1. The SMILES string of the molecule is CCCCC(N)C1(N2CCCCC2)CCCC1. The lowest BCUT2D eigenvalue weighted by molar-refractivity contribution is 0.0452. The van der Waals surface area contributed by atoms with Crippen molar-refractivity contribution < 1.29 is 0 Å². The predicted octanol–water partition coefficient (Wildman–Crippen LogP) is 3.30. The molecule has 0 radical (unpaired) electrons. The molecular formula is C15H30N2. The lowest BCUT2D eigenvalue weighted by atomic mass is 9.82. The first-order chi connectivity index (χ1) is 8.29. The smallest absolute Gasteiger partial charge is 0.0360 e. The molecule has 1 saturated heterocycles. The number of hydrogen-bond donors (Lipinski definition) is 1. The fourth-order valence-electron chi connectivity index (χ4n) is 3.94. The summed E-state index contributed by atoms with van der Waals surface area (Å²) < 4.78 is 0. The van der Waals surface area contributed by atoms with Gasteiger partial charge in [0, 0.05) is 11.6 Å². The van der Waals surface area contributed by atoms with Crippen LogP contribution in [0.25, 0.3) is 0 Å². The maximum Gasteiger partial charge on any atom is 0.0360 e. The highest BCUT2D eigenvalue weighted by Gasteiger charge is 2.43. The van der Waals surface area contributed by atoms with Crippen LogP contribution in [0.1, 0.15) is 71.1 Å². The molecule has 0 amide bonds. The predicted molar refractivity (Wildman–Crippen MR) is 74.1 cm³/mol. The molecule has 2 heteroatoms. The van der Waals surface area contributed by atoms with E-state index in [0.29, 0.717) is 11.6 Å². The van der Waals surface area contributed by atoms with E-state index in [4.69, 9.17) is 5.73 Å². The molecule has 2 fully saturated rings. The summed E-state index contributed by atoms with van der Waals surface area (Å²) in [4.78, 5) is 2.77. The summed E-state index contributed by atoms with van der Waals surface area (Å²) in [5.41, 5.74) is 6.97. The van der Waals surface area contributed by atoms with Crippen LogP contribution in [0.3, 0.4) is 0 Å². The Morgan fingerprint density at radius 1 is 1.06 bits per heavy atom. The van der Waals surface area contributed by atoms with Gasteiger partial charge in [0.1, 0.15) is 0 Å². The zero-order valence-corrected chi connectivity index (χ0v) is 11.6. The van der Waals surface area contributed by atoms with Crippen LogP contribution in [0.15, 0.2) is 0 Å². The number of hydrogen-bond acceptors (Lipinski definition) is 2. The summed E-state index contributed by atoms with van der Waals surface area (Å²) in [6.07, 6.45) is 13.5. The monoisotopic (exact) mass is 238 g/mol. The summed E-state index contributed by atoms with van der Waals surface area (Å²) in [7, 11) is 0. The van der Waals surface area contributed by atoms with Crippen molar-refractivity contribution >= 4 is 0 Å². The Kier molecular flexibility index (Phi) is 4.87. The molecule has 1 unspecified atom stereocenters. The van der Waals surface area contributed by atoms with Gasteiger partial charge < -0.3 is 5.73 Å². The van der Waals surface area contributed by atoms with Crippen LogP contribution in [0.2, 0.25) is 0 Å². The van der Waals surface area contributed by atoms with Gasteiger partial charge in [-0.15, -0.1) is 0 Å². The fourth-order valence-corrected chi connectivity index (χ4v) is 3.94. The van der Waals surface area contributed by atoms with Crippen molar-refractivity contribution in [1.82, 2.24) is 4.90 Å². The molecule has 1 saturated carbocycles. The van der Waals surface area contributed by atoms with Crippen molar-refractivity contribution in [3.63, 3.8) is 0 Å². The third-order valence-electron chi connectivity index (χ3n) is 5.01. The van der Waals surface area contributed by atoms with E-state index < -0.39 is 0 Å². The van der Waals surface area contributed by atoms with Gasteiger partial charge in [-0.2, -0.15) is 0 Å². The first-order valence-electron chi connectivity index (χ1n) is 7.80. The second kappa shape index (κ2) is 6.19. The Hall–Kier alpha value is -0.0800. The van der Waals surface area contributed by atoms with Crippen LogP contribution >= 0.6 is 0 Å². The molecule has 2 nitrogen and oxygen atoms in total. The van der Waals surface area contributed by atoms with Crippen LogP contribution in [0.5, 0.6) is 0 Å². The summed E-state index contributed by atoms with van der Waals surface area (Å²) in [5.74, 6) is 0. The number of unbranched alkanes of at least 4 members (excludes halogenated alkanes) is 1. The van der Waals surface area contributed by atoms with Crippen LogP contribution in [-0.4, -0.2) is 29.6 Å². The topological polar surface area (TPSA) is 29.3 Å². The van der Waals surface area contributed by atoms with Crippen molar-refractivity contribution in [3.8, 4) is 0 Å². The van der Waals surface area contributed by atoms with Gasteiger partial charge in [-0.25, -0.2) is 0 Å². The zero-order valence-electron chi connectivity index (χ0n) is 11.6. The summed E-state index contributed by atoms with van der Waals surface area (Å²) in [6.45, 7) is 4.88. The molecule has 0 aromatic carbocycles. The Labute approximate surface area is 107 Å². The maximum absolute atomic E-state index is 6.59. The van der Waals surface area contributed by atoms with E-state index in [9.17, 15) is 0 Å². The Bertz CT molecular complexity index is 215. The molecular weight excluding hydrogens is 208 g/mol. The van der Waals surface area contributed by atoms with E-state index in [0.717, 1.165) is 0 Å². The quantitative estimate of drug-likeness (QED) is 0.796. The van der Waals surface area contributed by atoms with Gasteiger partial charge in [0.05, 0.1) is 0 Å². The molecule has 1 atom stereocenters. The van der Waals surface area contributed by atoms with E-state index in [1.807, 2.05) is 0 Å². The third-order valence-corrected chi connectivity index (χ3v) is 5.01. The normalized spacial score (nSPS) is 27.2. The minimum atomic E-state index is 0.385. The largest absolute Gasteiger partial charge is 0.326 e. The number of rotatable bonds is 5. The lowest BCUT2D eigenvalue weighted by Gasteiger charge is -2.47. The molecule has 17 heavy (non-hydrogen) atoms. The van der Waals surface area contributed by atoms with E-state index in [2.05, 4.69) is 11.8 Å². The van der Waals surface area contributed by atoms with E-state index in [1.54, 1.807) is 0 Å². The van der Waals surface area contributed by atoms with Crippen LogP contribution in [-0.2, 0) is 0 Å². The van der Waals surface area contributed by atoms with E-state index in [1.165, 1.54) is 77.3 Å². The highest BCUT2D eigenvalue weighted by molar-refractivity contribution is 5.02. The molecule has 2 rings (SSSR count). The highest BCUT2D eigenvalue weighted by Crippen LogP contribution is 2.40. The fraction of sp³-hybridized carbons (Fsp3) is 1.00. The zero-order chi connectivity index (χ0) is 12.1. The molecule has 1 aliphatic heterocycles. The molecule has 1 aliphatic carbocycles. The van der Waals surface area contributed by atoms with Crippen molar-refractivity contribution in [2.24, 2.45) is 5.73 Å². The van der Waals surface area contributed by atoms with Gasteiger partial charge in [0.25, 0.3) is 0 Å². The molecule has 0 aromatic heterocycles. The van der Waals surface area contributed by atoms with Crippen LogP contribution in [0, 0.1) is 0 Å². The average Bonchev–Trinajstić information content (AvgIpc) is 2.87. The maximum atomic E-state index is 6.59. The molecule has 1 heterocycles. The van der Waals surface area contributed by atoms with Crippen molar-refractivity contribution in [2.45, 2.75) is 82.7 Å². The summed E-state index contributed by atoms with van der Waals surface area (Å²) in [5, 5.41) is 0.